The first-order valence-corrected chi connectivity index (χ1v) is 12.8. The van der Waals surface area contributed by atoms with E-state index < -0.39 is 28.7 Å². The third kappa shape index (κ3) is 5.29. The number of carbonyl (C=O) groups excluding carboxylic acids is 2. The Morgan fingerprint density at radius 2 is 1.18 bits per heavy atom. The lowest BCUT2D eigenvalue weighted by Crippen LogP contribution is -2.54. The highest BCUT2D eigenvalue weighted by Crippen LogP contribution is 2.46. The Morgan fingerprint density at radius 3 is 1.48 bits per heavy atom. The monoisotopic (exact) mass is 522 g/mol. The zero-order chi connectivity index (χ0) is 24.1. The molecular weight excluding hydrogens is 502 g/mol. The maximum Gasteiger partial charge on any atom is 0.344 e. The Bertz CT molecular complexity index is 1060. The van der Waals surface area contributed by atoms with E-state index in [1.54, 1.807) is 0 Å². The number of nitrogens with two attached hydrogens (primary N) is 1. The van der Waals surface area contributed by atoms with E-state index in [0.717, 1.165) is 15.9 Å². The van der Waals surface area contributed by atoms with Crippen molar-refractivity contribution in [3.05, 3.63) is 91.0 Å². The van der Waals surface area contributed by atoms with Gasteiger partial charge in [-0.05, 0) is 22.8 Å². The van der Waals surface area contributed by atoms with Crippen molar-refractivity contribution in [3.8, 4) is 0 Å². The summed E-state index contributed by atoms with van der Waals surface area (Å²) in [5.41, 5.74) is 5.91. The largest absolute Gasteiger partial charge is 0.465 e. The molecule has 0 spiro atoms. The van der Waals surface area contributed by atoms with Gasteiger partial charge in [-0.2, -0.15) is 0 Å². The molecule has 1 atom stereocenters. The van der Waals surface area contributed by atoms with Crippen molar-refractivity contribution in [1.82, 2.24) is 5.32 Å². The van der Waals surface area contributed by atoms with Crippen LogP contribution in [0.25, 0.3) is 0 Å². The lowest BCUT2D eigenvalue weighted by atomic mass is 10.3. The molecule has 9 heteroatoms. The molecule has 0 saturated carbocycles. The molecule has 33 heavy (non-hydrogen) atoms. The number of halogens is 3. The topological polar surface area (TPSA) is 81.4 Å². The standard InChI is InChI=1S/C24H22Cl3N2O3P/c1-32-22(31)20(21(30)29-23(28)24(25,26)27)33(17-11-5-2-6-12-17,18-13-7-3-8-14-18)19-15-9-4-10-16-19/h2-16,23H,28H2,1H3,(H,29,30). The second-order valence-electron chi connectivity index (χ2n) is 7.01. The number of alkyl halides is 3. The SMILES string of the molecule is COC(=O)C(C(=O)NC(N)C(Cl)(Cl)Cl)=P(c1ccccc1)(c1ccccc1)c1ccccc1. The number of ether oxygens (including phenoxy) is 1. The van der Waals surface area contributed by atoms with Gasteiger partial charge in [-0.15, -0.1) is 0 Å². The Balaban J connectivity index is 2.52. The first-order valence-electron chi connectivity index (χ1n) is 9.87. The van der Waals surface area contributed by atoms with Crippen LogP contribution in [0.5, 0.6) is 0 Å². The van der Waals surface area contributed by atoms with Crippen LogP contribution >= 0.6 is 41.7 Å². The van der Waals surface area contributed by atoms with Crippen LogP contribution in [-0.2, 0) is 14.3 Å². The third-order valence-corrected chi connectivity index (χ3v) is 9.98. The Kier molecular flexibility index (Phi) is 8.28. The molecule has 0 aliphatic carbocycles. The van der Waals surface area contributed by atoms with Crippen molar-refractivity contribution in [2.75, 3.05) is 7.11 Å². The van der Waals surface area contributed by atoms with Gasteiger partial charge in [-0.3, -0.25) is 4.79 Å². The number of hydrogen-bond donors (Lipinski definition) is 2. The molecule has 3 aromatic carbocycles. The van der Waals surface area contributed by atoms with Crippen LogP contribution in [0.2, 0.25) is 0 Å². The molecule has 0 radical (unpaired) electrons. The number of benzene rings is 3. The third-order valence-electron chi connectivity index (χ3n) is 5.00. The molecule has 0 fully saturated rings. The van der Waals surface area contributed by atoms with E-state index in [4.69, 9.17) is 45.3 Å². The minimum atomic E-state index is -3.06. The summed E-state index contributed by atoms with van der Waals surface area (Å²) in [6.07, 6.45) is -1.36. The molecule has 0 aliphatic heterocycles. The van der Waals surface area contributed by atoms with Gasteiger partial charge in [-0.1, -0.05) is 126 Å². The summed E-state index contributed by atoms with van der Waals surface area (Å²) < 4.78 is 3.14. The maximum absolute atomic E-state index is 13.7. The van der Waals surface area contributed by atoms with Crippen LogP contribution in [0.4, 0.5) is 0 Å². The normalized spacial score (nSPS) is 12.5. The summed E-state index contributed by atoms with van der Waals surface area (Å²) in [6.45, 7) is -3.06. The lowest BCUT2D eigenvalue weighted by molar-refractivity contribution is -0.133. The van der Waals surface area contributed by atoms with Gasteiger partial charge in [-0.25, -0.2) is 4.79 Å². The molecule has 0 aliphatic rings. The summed E-state index contributed by atoms with van der Waals surface area (Å²) in [6, 6.07) is 28.1. The fraction of sp³-hybridized carbons (Fsp3) is 0.125. The molecule has 3 N–H and O–H groups in total. The highest BCUT2D eigenvalue weighted by Gasteiger charge is 2.40. The molecule has 3 aromatic rings. The summed E-state index contributed by atoms with van der Waals surface area (Å²) in [5, 5.41) is 4.70. The zero-order valence-electron chi connectivity index (χ0n) is 17.6. The van der Waals surface area contributed by atoms with Gasteiger partial charge >= 0.3 is 5.97 Å². The van der Waals surface area contributed by atoms with Crippen molar-refractivity contribution in [1.29, 1.82) is 0 Å². The van der Waals surface area contributed by atoms with E-state index in [1.165, 1.54) is 7.11 Å². The van der Waals surface area contributed by atoms with Crippen LogP contribution in [-0.4, -0.2) is 34.2 Å². The average molecular weight is 524 g/mol. The zero-order valence-corrected chi connectivity index (χ0v) is 20.8. The van der Waals surface area contributed by atoms with E-state index in [2.05, 4.69) is 5.32 Å². The van der Waals surface area contributed by atoms with Gasteiger partial charge in [0.05, 0.1) is 7.11 Å². The highest BCUT2D eigenvalue weighted by atomic mass is 35.6. The molecule has 0 saturated heterocycles. The minimum absolute atomic E-state index is 0.113. The van der Waals surface area contributed by atoms with Crippen LogP contribution in [0, 0.1) is 0 Å². The fourth-order valence-corrected chi connectivity index (χ4v) is 7.98. The van der Waals surface area contributed by atoms with E-state index in [1.807, 2.05) is 91.0 Å². The lowest BCUT2D eigenvalue weighted by Gasteiger charge is -2.32. The summed E-state index contributed by atoms with van der Waals surface area (Å²) in [7, 11) is 1.22. The Morgan fingerprint density at radius 1 is 0.818 bits per heavy atom. The summed E-state index contributed by atoms with van der Waals surface area (Å²) in [5.74, 6) is -1.57. The van der Waals surface area contributed by atoms with Crippen molar-refractivity contribution in [2.24, 2.45) is 5.73 Å². The van der Waals surface area contributed by atoms with E-state index in [-0.39, 0.29) is 5.29 Å². The molecule has 3 rings (SSSR count). The molecule has 5 nitrogen and oxygen atoms in total. The number of rotatable bonds is 6. The fourth-order valence-electron chi connectivity index (χ4n) is 3.56. The average Bonchev–Trinajstić information content (AvgIpc) is 2.83. The van der Waals surface area contributed by atoms with Gasteiger partial charge < -0.3 is 15.8 Å². The predicted octanol–water partition coefficient (Wildman–Crippen LogP) is 3.10. The van der Waals surface area contributed by atoms with Gasteiger partial charge in [0.1, 0.15) is 11.5 Å². The molecule has 172 valence electrons. The molecular formula is C24H22Cl3N2O3P. The highest BCUT2D eigenvalue weighted by molar-refractivity contribution is 7.97. The van der Waals surface area contributed by atoms with Crippen LogP contribution in [0.1, 0.15) is 0 Å². The van der Waals surface area contributed by atoms with Gasteiger partial charge in [0, 0.05) is 0 Å². The van der Waals surface area contributed by atoms with E-state index in [0.29, 0.717) is 0 Å². The molecule has 0 aromatic heterocycles. The maximum atomic E-state index is 13.7. The number of carbonyl (C=O) groups is 2. The first-order chi connectivity index (χ1) is 15.7. The quantitative estimate of drug-likeness (QED) is 0.171. The van der Waals surface area contributed by atoms with Gasteiger partial charge in [0.2, 0.25) is 3.79 Å². The number of amides is 1. The number of methoxy groups -OCH3 is 1. The summed E-state index contributed by atoms with van der Waals surface area (Å²) in [4.78, 5) is 27.0. The van der Waals surface area contributed by atoms with Crippen molar-refractivity contribution in [2.45, 2.75) is 9.96 Å². The minimum Gasteiger partial charge on any atom is -0.465 e. The van der Waals surface area contributed by atoms with Crippen LogP contribution in [0.3, 0.4) is 0 Å². The number of nitrogens with one attached hydrogen (secondary N) is 1. The Labute approximate surface area is 207 Å². The van der Waals surface area contributed by atoms with Crippen LogP contribution in [0.15, 0.2) is 91.0 Å². The summed E-state index contributed by atoms with van der Waals surface area (Å²) >= 11 is 17.7. The number of esters is 1. The Hall–Kier alpha value is -2.27. The first kappa shape index (κ1) is 25.4. The second kappa shape index (κ2) is 10.8. The smallest absolute Gasteiger partial charge is 0.344 e. The van der Waals surface area contributed by atoms with E-state index in [9.17, 15) is 9.59 Å². The molecule has 1 amide bonds. The van der Waals surface area contributed by atoms with Gasteiger partial charge in [0.25, 0.3) is 5.91 Å². The van der Waals surface area contributed by atoms with Crippen molar-refractivity contribution in [3.63, 3.8) is 0 Å². The molecule has 0 heterocycles. The van der Waals surface area contributed by atoms with E-state index >= 15 is 0 Å². The predicted molar refractivity (Wildman–Crippen MR) is 139 cm³/mol. The molecule has 0 bridgehead atoms. The second-order valence-corrected chi connectivity index (χ2v) is 12.7. The molecule has 1 unspecified atom stereocenters. The number of hydrogen-bond acceptors (Lipinski definition) is 4. The van der Waals surface area contributed by atoms with Crippen molar-refractivity contribution >= 4 is 74.8 Å². The van der Waals surface area contributed by atoms with Gasteiger partial charge in [0.15, 0.2) is 0 Å². The van der Waals surface area contributed by atoms with Crippen molar-refractivity contribution < 1.29 is 14.3 Å². The van der Waals surface area contributed by atoms with Crippen LogP contribution < -0.4 is 27.0 Å².